The van der Waals surface area contributed by atoms with Crippen molar-refractivity contribution in [1.29, 1.82) is 0 Å². The first-order valence-electron chi connectivity index (χ1n) is 29.8. The molecule has 0 fully saturated rings. The number of benzene rings is 9. The van der Waals surface area contributed by atoms with Gasteiger partial charge in [0, 0.05) is 80.9 Å². The predicted molar refractivity (Wildman–Crippen MR) is 402 cm³/mol. The van der Waals surface area contributed by atoms with Gasteiger partial charge in [-0.15, -0.1) is 34.0 Å². The molecule has 0 aliphatic rings. The third-order valence-corrected chi connectivity index (χ3v) is 22.8. The minimum Gasteiger partial charge on any atom is -0.505 e. The molecule has 0 saturated carbocycles. The number of sulfonamides is 2. The Morgan fingerprint density at radius 2 is 0.790 bits per heavy atom. The fourth-order valence-electron chi connectivity index (χ4n) is 9.56. The van der Waals surface area contributed by atoms with Crippen molar-refractivity contribution in [3.05, 3.63) is 213 Å². The minimum atomic E-state index is -4.54. The topological polar surface area (TPSA) is 362 Å². The number of aliphatic hydroxyl groups is 1. The minimum absolute atomic E-state index is 0.0605. The number of hydrogen-bond donors (Lipinski definition) is 9. The summed E-state index contributed by atoms with van der Waals surface area (Å²) in [5.74, 6) is -7.33. The molecule has 9 aromatic carbocycles. The number of ether oxygens (including phenoxy) is 4. The molecule has 105 heavy (non-hydrogen) atoms. The quantitative estimate of drug-likeness (QED) is 0.0232. The molecule has 0 bridgehead atoms. The van der Waals surface area contributed by atoms with Crippen molar-refractivity contribution in [3.8, 4) is 65.8 Å². The lowest BCUT2D eigenvalue weighted by molar-refractivity contribution is 0.0524. The van der Waals surface area contributed by atoms with E-state index in [0.29, 0.717) is 26.8 Å². The summed E-state index contributed by atoms with van der Waals surface area (Å²) in [5.41, 5.74) is 5.94. The van der Waals surface area contributed by atoms with Crippen molar-refractivity contribution in [2.24, 2.45) is 0 Å². The van der Waals surface area contributed by atoms with Crippen LogP contribution in [0.3, 0.4) is 0 Å². The molecule has 10 N–H and O–H groups in total. The number of aliphatic hydroxyl groups excluding tert-OH is 1. The summed E-state index contributed by atoms with van der Waals surface area (Å²) in [7, 11) is -4.32. The van der Waals surface area contributed by atoms with Gasteiger partial charge in [0.25, 0.3) is 29.1 Å². The SMILES string of the molecule is CCO.CCOC(=O)c1cc(Cl)c(O)c(S(=O)(=O)Nc2cc(-c3cc4ccccc4s3)c(F)cc2OC)c1.COc1cc(F)c(-c2cc3ccccc3s2)cc1N.COc1cc(F)c(-c2cc3ccccc3s2)cc1NS(=O)(=O)c1cc(C(=O)O)cc(Cl)c1O.O=C(O)c1cc(Cl)c(O)c(S(=O)(=O)Cl)c1. The lowest BCUT2D eigenvalue weighted by atomic mass is 10.1. The number of nitrogens with two attached hydrogens (primary N) is 1. The number of carbonyl (C=O) groups is 3. The highest BCUT2D eigenvalue weighted by molar-refractivity contribution is 8.13. The van der Waals surface area contributed by atoms with E-state index in [1.54, 1.807) is 43.4 Å². The number of nitrogen functional groups attached to an aromatic ring is 1. The van der Waals surface area contributed by atoms with Crippen LogP contribution in [0.4, 0.5) is 30.2 Å². The predicted octanol–water partition coefficient (Wildman–Crippen LogP) is 17.6. The molecule has 35 heteroatoms. The molecule has 22 nitrogen and oxygen atoms in total. The fraction of sp³-hybridized carbons (Fsp3) is 0.100. The van der Waals surface area contributed by atoms with E-state index >= 15 is 0 Å². The van der Waals surface area contributed by atoms with Crippen LogP contribution < -0.4 is 29.4 Å². The van der Waals surface area contributed by atoms with Crippen molar-refractivity contribution in [2.45, 2.75) is 28.5 Å². The van der Waals surface area contributed by atoms with E-state index in [0.717, 1.165) is 83.7 Å². The third kappa shape index (κ3) is 19.2. The number of carboxylic acids is 2. The summed E-state index contributed by atoms with van der Waals surface area (Å²) in [6.07, 6.45) is 0. The van der Waals surface area contributed by atoms with Crippen molar-refractivity contribution in [2.75, 3.05) is 49.7 Å². The van der Waals surface area contributed by atoms with Crippen LogP contribution in [-0.2, 0) is 33.8 Å². The van der Waals surface area contributed by atoms with Crippen LogP contribution in [0.2, 0.25) is 15.1 Å². The summed E-state index contributed by atoms with van der Waals surface area (Å²) in [5, 5.41) is 56.9. The molecule has 0 spiro atoms. The Morgan fingerprint density at radius 3 is 1.12 bits per heavy atom. The van der Waals surface area contributed by atoms with Crippen LogP contribution in [0, 0.1) is 17.5 Å². The van der Waals surface area contributed by atoms with Gasteiger partial charge in [-0.1, -0.05) is 89.4 Å². The van der Waals surface area contributed by atoms with Gasteiger partial charge in [-0.05, 0) is 121 Å². The smallest absolute Gasteiger partial charge is 0.338 e. The number of phenols is 3. The number of carboxylic acid groups (broad SMARTS) is 2. The molecule has 0 aliphatic carbocycles. The van der Waals surface area contributed by atoms with Crippen LogP contribution >= 0.6 is 79.5 Å². The number of aromatic hydroxyl groups is 3. The zero-order chi connectivity index (χ0) is 77.2. The maximum Gasteiger partial charge on any atom is 0.338 e. The second-order valence-corrected chi connectivity index (χ2v) is 31.6. The van der Waals surface area contributed by atoms with E-state index in [9.17, 15) is 73.2 Å². The standard InChI is InChI=1S/C24H19ClFNO6S2.C22H15ClFNO6S2.C15H12FNOS.C7H4Cl2O5S.C2H6O/c1-3-33-24(29)14-8-16(25)23(28)22(10-14)35(30,31)27-18-11-15(17(26)12-19(18)32-2)21-9-13-6-4-5-7-20(13)34-21;1-31-17-10-15(24)13(19-7-11-4-2-3-5-18(11)32-19)9-16(17)25-33(29,30)20-8-12(22(27)28)6-14(23)21(20)26;1-18-13-8-11(16)10(7-12(13)17)15-6-9-4-2-3-5-14(9)19-15;8-4-1-3(7(11)12)2-5(6(4)10)15(9,13)14;1-2-3/h4-12,27-28H,3H2,1-2H3;2-10,25-26H,1H3,(H,27,28);2-8H,17H2,1H3;1-2,10H,(H,11,12);3H,2H2,1H3. The first kappa shape index (κ1) is 80.9. The number of esters is 1. The molecule has 0 radical (unpaired) electrons. The van der Waals surface area contributed by atoms with Crippen molar-refractivity contribution < 1.29 is 102 Å². The fourth-order valence-corrected chi connectivity index (χ4v) is 17.0. The number of rotatable bonds is 17. The van der Waals surface area contributed by atoms with Crippen LogP contribution in [-0.4, -0.2) is 108 Å². The first-order valence-corrected chi connectivity index (χ1v) is 38.6. The summed E-state index contributed by atoms with van der Waals surface area (Å²) in [6, 6.07) is 41.6. The monoisotopic (exact) mass is 1630 g/mol. The molecule has 0 unspecified atom stereocenters. The number of hydrogen-bond acceptors (Lipinski definition) is 21. The van der Waals surface area contributed by atoms with Gasteiger partial charge in [-0.2, -0.15) is 0 Å². The van der Waals surface area contributed by atoms with Crippen LogP contribution in [0.25, 0.3) is 61.6 Å². The van der Waals surface area contributed by atoms with Gasteiger partial charge >= 0.3 is 17.9 Å². The number of anilines is 3. The number of fused-ring (bicyclic) bond motifs is 3. The second kappa shape index (κ2) is 34.4. The number of thiophene rings is 3. The van der Waals surface area contributed by atoms with E-state index in [1.807, 2.05) is 78.9 Å². The van der Waals surface area contributed by atoms with Crippen molar-refractivity contribution in [3.63, 3.8) is 0 Å². The Bertz CT molecular complexity index is 5590. The number of halogens is 7. The highest BCUT2D eigenvalue weighted by atomic mass is 35.7. The van der Waals surface area contributed by atoms with Crippen LogP contribution in [0.15, 0.2) is 178 Å². The van der Waals surface area contributed by atoms with E-state index in [4.69, 9.17) is 80.4 Å². The van der Waals surface area contributed by atoms with Crippen LogP contribution in [0.5, 0.6) is 34.5 Å². The lowest BCUT2D eigenvalue weighted by Crippen LogP contribution is -2.15. The molecule has 3 aromatic heterocycles. The maximum absolute atomic E-state index is 15.0. The molecule has 0 saturated heterocycles. The lowest BCUT2D eigenvalue weighted by Gasteiger charge is -2.15. The first-order chi connectivity index (χ1) is 49.6. The second-order valence-electron chi connectivity index (χ2n) is 21.3. The molecule has 0 atom stereocenters. The zero-order valence-electron chi connectivity index (χ0n) is 54.7. The van der Waals surface area contributed by atoms with Gasteiger partial charge < -0.3 is 55.3 Å². The Morgan fingerprint density at radius 1 is 0.476 bits per heavy atom. The molecule has 3 heterocycles. The van der Waals surface area contributed by atoms with Crippen molar-refractivity contribution in [1.82, 2.24) is 0 Å². The third-order valence-electron chi connectivity index (χ3n) is 14.4. The van der Waals surface area contributed by atoms with Crippen LogP contribution in [0.1, 0.15) is 44.9 Å². The summed E-state index contributed by atoms with van der Waals surface area (Å²) < 4.78 is 146. The Hall–Kier alpha value is -9.77. The molecular weight excluding hydrogens is 1580 g/mol. The van der Waals surface area contributed by atoms with E-state index in [1.165, 1.54) is 62.2 Å². The molecule has 0 aliphatic heterocycles. The largest absolute Gasteiger partial charge is 0.505 e. The van der Waals surface area contributed by atoms with Gasteiger partial charge in [-0.3, -0.25) is 9.44 Å². The van der Waals surface area contributed by atoms with E-state index < -0.39 is 106 Å². The molecule has 12 aromatic rings. The Labute approximate surface area is 628 Å². The van der Waals surface area contributed by atoms with Gasteiger partial charge in [0.15, 0.2) is 17.2 Å². The normalized spacial score (nSPS) is 11.2. The number of methoxy groups -OCH3 is 3. The summed E-state index contributed by atoms with van der Waals surface area (Å²) in [6.45, 7) is 3.58. The van der Waals surface area contributed by atoms with E-state index in [-0.39, 0.29) is 69.2 Å². The number of nitrogens with one attached hydrogen (secondary N) is 2. The number of phenolic OH excluding ortho intramolecular Hbond substituents is 3. The van der Waals surface area contributed by atoms with E-state index in [2.05, 4.69) is 9.44 Å². The zero-order valence-corrected chi connectivity index (χ0v) is 62.6. The van der Waals surface area contributed by atoms with Crippen molar-refractivity contribution >= 4 is 174 Å². The molecular formula is C70H56Cl4F3N3O19S6. The average Bonchev–Trinajstić information content (AvgIpc) is 1.69. The molecule has 12 rings (SSSR count). The number of aromatic carboxylic acids is 2. The molecule has 550 valence electrons. The average molecular weight is 1630 g/mol. The summed E-state index contributed by atoms with van der Waals surface area (Å²) in [4.78, 5) is 33.9. The highest BCUT2D eigenvalue weighted by Crippen LogP contribution is 2.45. The van der Waals surface area contributed by atoms with Gasteiger partial charge in [0.2, 0.25) is 0 Å². The van der Waals surface area contributed by atoms with Gasteiger partial charge in [0.05, 0.1) is 76.8 Å². The highest BCUT2D eigenvalue weighted by Gasteiger charge is 2.29. The Balaban J connectivity index is 0.000000183. The molecule has 0 amide bonds. The maximum atomic E-state index is 15.0. The van der Waals surface area contributed by atoms with Gasteiger partial charge in [-0.25, -0.2) is 52.8 Å². The number of carbonyl (C=O) groups excluding carboxylic acids is 1. The van der Waals surface area contributed by atoms with Gasteiger partial charge in [0.1, 0.15) is 49.4 Å². The summed E-state index contributed by atoms with van der Waals surface area (Å²) >= 11 is 21.5. The Kier molecular flexibility index (Phi) is 26.5.